The summed E-state index contributed by atoms with van der Waals surface area (Å²) >= 11 is 0. The second-order valence-corrected chi connectivity index (χ2v) is 7.56. The van der Waals surface area contributed by atoms with Crippen LogP contribution in [0.3, 0.4) is 0 Å². The van der Waals surface area contributed by atoms with Crippen LogP contribution in [0.2, 0.25) is 0 Å². The van der Waals surface area contributed by atoms with Crippen LogP contribution in [0.15, 0.2) is 12.7 Å². The number of anilines is 1. The first-order chi connectivity index (χ1) is 12.5. The van der Waals surface area contributed by atoms with E-state index in [4.69, 9.17) is 24.0 Å². The number of nitrogens with zero attached hydrogens (tertiary/aromatic N) is 4. The van der Waals surface area contributed by atoms with E-state index in [2.05, 4.69) is 15.0 Å². The number of aromatic nitrogens is 4. The summed E-state index contributed by atoms with van der Waals surface area (Å²) in [6.45, 7) is 0.243. The van der Waals surface area contributed by atoms with Crippen molar-refractivity contribution in [3.05, 3.63) is 12.7 Å². The van der Waals surface area contributed by atoms with Crippen molar-refractivity contribution in [1.29, 1.82) is 0 Å². The zero-order valence-electron chi connectivity index (χ0n) is 13.5. The number of phosphoric acid groups is 1. The number of phosphoric ester groups is 1. The maximum Gasteiger partial charge on any atom is 0.474 e. The van der Waals surface area contributed by atoms with Gasteiger partial charge in [-0.1, -0.05) is 0 Å². The van der Waals surface area contributed by atoms with Crippen molar-refractivity contribution in [2.24, 2.45) is 0 Å². The van der Waals surface area contributed by atoms with Crippen molar-refractivity contribution in [2.45, 2.75) is 31.0 Å². The van der Waals surface area contributed by atoms with Crippen LogP contribution in [0, 0.1) is 0 Å². The highest BCUT2D eigenvalue weighted by atomic mass is 31.2. The highest BCUT2D eigenvalue weighted by Crippen LogP contribution is 2.52. The lowest BCUT2D eigenvalue weighted by atomic mass is 10.1. The van der Waals surface area contributed by atoms with Gasteiger partial charge < -0.3 is 20.7 Å². The van der Waals surface area contributed by atoms with Crippen LogP contribution in [0.5, 0.6) is 0 Å². The number of ether oxygens (including phenoxy) is 1. The molecular formula is C13H18N5O7P. The normalized spacial score (nSPS) is 31.5. The molecule has 26 heavy (non-hydrogen) atoms. The van der Waals surface area contributed by atoms with Gasteiger partial charge in [-0.25, -0.2) is 19.5 Å². The lowest BCUT2D eigenvalue weighted by Gasteiger charge is -2.23. The van der Waals surface area contributed by atoms with E-state index in [1.165, 1.54) is 17.2 Å². The zero-order chi connectivity index (χ0) is 18.3. The number of aliphatic hydroxyl groups excluding tert-OH is 2. The molecule has 0 bridgehead atoms. The van der Waals surface area contributed by atoms with Crippen LogP contribution in [0.1, 0.15) is 12.6 Å². The van der Waals surface area contributed by atoms with Crippen molar-refractivity contribution < 1.29 is 33.1 Å². The molecule has 2 saturated heterocycles. The maximum absolute atomic E-state index is 12.2. The Hall–Kier alpha value is -1.66. The van der Waals surface area contributed by atoms with Crippen LogP contribution in [-0.4, -0.2) is 67.9 Å². The Morgan fingerprint density at radius 2 is 2.04 bits per heavy atom. The fraction of sp³-hybridized carbons (Fsp3) is 0.615. The molecule has 4 heterocycles. The Kier molecular flexibility index (Phi) is 4.65. The molecule has 4 rings (SSSR count). The fourth-order valence-corrected chi connectivity index (χ4v) is 4.10. The monoisotopic (exact) mass is 387 g/mol. The molecule has 2 aromatic rings. The van der Waals surface area contributed by atoms with Gasteiger partial charge in [-0.05, 0) is 6.42 Å². The van der Waals surface area contributed by atoms with E-state index < -0.39 is 32.4 Å². The van der Waals surface area contributed by atoms with Crippen LogP contribution in [-0.2, 0) is 22.9 Å². The topological polar surface area (TPSA) is 164 Å². The van der Waals surface area contributed by atoms with Gasteiger partial charge in [0.15, 0.2) is 17.7 Å². The molecular weight excluding hydrogens is 369 g/mol. The first kappa shape index (κ1) is 17.7. The molecule has 2 aliphatic rings. The highest BCUT2D eigenvalue weighted by Gasteiger charge is 2.45. The van der Waals surface area contributed by atoms with Gasteiger partial charge in [0, 0.05) is 0 Å². The molecule has 4 N–H and O–H groups in total. The Labute approximate surface area is 147 Å². The molecule has 2 aromatic heterocycles. The van der Waals surface area contributed by atoms with Gasteiger partial charge in [0.05, 0.1) is 26.1 Å². The maximum atomic E-state index is 12.2. The van der Waals surface area contributed by atoms with E-state index in [1.54, 1.807) is 0 Å². The Bertz CT molecular complexity index is 837. The number of nitrogen functional groups attached to an aromatic ring is 1. The van der Waals surface area contributed by atoms with Crippen molar-refractivity contribution in [2.75, 3.05) is 25.6 Å². The van der Waals surface area contributed by atoms with Gasteiger partial charge >= 0.3 is 7.82 Å². The van der Waals surface area contributed by atoms with Gasteiger partial charge in [0.2, 0.25) is 0 Å². The minimum Gasteiger partial charge on any atom is -0.387 e. The van der Waals surface area contributed by atoms with Crippen LogP contribution in [0.4, 0.5) is 5.82 Å². The van der Waals surface area contributed by atoms with E-state index in [9.17, 15) is 14.8 Å². The molecule has 12 nitrogen and oxygen atoms in total. The van der Waals surface area contributed by atoms with E-state index in [1.807, 2.05) is 0 Å². The Morgan fingerprint density at radius 1 is 1.27 bits per heavy atom. The van der Waals surface area contributed by atoms with Crippen molar-refractivity contribution in [1.82, 2.24) is 19.5 Å². The predicted octanol–water partition coefficient (Wildman–Crippen LogP) is -0.411. The average molecular weight is 387 g/mol. The molecule has 0 radical (unpaired) electrons. The number of nitrogens with two attached hydrogens (primary N) is 1. The molecule has 0 aromatic carbocycles. The lowest BCUT2D eigenvalue weighted by molar-refractivity contribution is -0.0543. The van der Waals surface area contributed by atoms with E-state index in [-0.39, 0.29) is 25.6 Å². The number of hydrogen-bond donors (Lipinski definition) is 3. The largest absolute Gasteiger partial charge is 0.474 e. The zero-order valence-corrected chi connectivity index (χ0v) is 14.4. The molecule has 13 heteroatoms. The molecule has 142 valence electrons. The Morgan fingerprint density at radius 3 is 2.81 bits per heavy atom. The van der Waals surface area contributed by atoms with Crippen molar-refractivity contribution in [3.8, 4) is 0 Å². The van der Waals surface area contributed by atoms with Crippen molar-refractivity contribution in [3.63, 3.8) is 0 Å². The summed E-state index contributed by atoms with van der Waals surface area (Å²) < 4.78 is 34.5. The number of imidazole rings is 1. The van der Waals surface area contributed by atoms with Gasteiger partial charge in [0.25, 0.3) is 0 Å². The van der Waals surface area contributed by atoms with E-state index in [0.717, 1.165) is 0 Å². The average Bonchev–Trinajstić information content (AvgIpc) is 3.17. The van der Waals surface area contributed by atoms with Crippen LogP contribution in [0.25, 0.3) is 11.2 Å². The second kappa shape index (κ2) is 6.82. The third kappa shape index (κ3) is 3.09. The molecule has 0 aliphatic carbocycles. The molecule has 0 spiro atoms. The van der Waals surface area contributed by atoms with Crippen molar-refractivity contribution >= 4 is 24.8 Å². The number of fused-ring (bicyclic) bond motifs is 1. The minimum atomic E-state index is -3.67. The first-order valence-electron chi connectivity index (χ1n) is 7.97. The summed E-state index contributed by atoms with van der Waals surface area (Å²) in [5, 5.41) is 20.6. The summed E-state index contributed by atoms with van der Waals surface area (Å²) in [6.07, 6.45) is -1.24. The minimum absolute atomic E-state index is 0.186. The van der Waals surface area contributed by atoms with Gasteiger partial charge in [-0.3, -0.25) is 18.1 Å². The summed E-state index contributed by atoms with van der Waals surface area (Å²) in [7, 11) is -3.67. The fourth-order valence-electron chi connectivity index (χ4n) is 2.84. The first-order valence-corrected chi connectivity index (χ1v) is 9.43. The Balaban J connectivity index is 1.50. The summed E-state index contributed by atoms with van der Waals surface area (Å²) in [6, 6.07) is 0. The number of aliphatic hydroxyl groups is 2. The third-order valence-corrected chi connectivity index (χ3v) is 5.65. The van der Waals surface area contributed by atoms with Gasteiger partial charge in [-0.2, -0.15) is 0 Å². The van der Waals surface area contributed by atoms with Gasteiger partial charge in [-0.15, -0.1) is 0 Å². The van der Waals surface area contributed by atoms with Crippen LogP contribution < -0.4 is 5.73 Å². The molecule has 0 unspecified atom stereocenters. The molecule has 4 atom stereocenters. The second-order valence-electron chi connectivity index (χ2n) is 5.89. The van der Waals surface area contributed by atoms with Crippen LogP contribution >= 0.6 is 7.82 Å². The molecule has 0 amide bonds. The summed E-state index contributed by atoms with van der Waals surface area (Å²) in [5.41, 5.74) is 6.45. The summed E-state index contributed by atoms with van der Waals surface area (Å²) in [5.74, 6) is 0.186. The quantitative estimate of drug-likeness (QED) is 0.584. The number of rotatable bonds is 4. The molecule has 2 aliphatic heterocycles. The van der Waals surface area contributed by atoms with Gasteiger partial charge in [0.1, 0.15) is 30.2 Å². The smallest absolute Gasteiger partial charge is 0.387 e. The number of hydrogen-bond acceptors (Lipinski definition) is 11. The molecule has 0 saturated carbocycles. The third-order valence-electron chi connectivity index (χ3n) is 4.18. The summed E-state index contributed by atoms with van der Waals surface area (Å²) in [4.78, 5) is 12.0. The lowest BCUT2D eigenvalue weighted by Crippen LogP contribution is -2.33. The van der Waals surface area contributed by atoms with E-state index in [0.29, 0.717) is 17.6 Å². The standard InChI is InChI=1S/C13H18N5O7P/c14-11-8-12(16-5-15-11)18(6-17-8)13-10(20)9(19)7(25-13)4-24-26(21)22-2-1-3-23-26/h5-7,9-10,13,19-20H,1-4H2,(H2,14,15,16)/t7-,9-,10-,13-/m1/s1. The highest BCUT2D eigenvalue weighted by molar-refractivity contribution is 7.48. The predicted molar refractivity (Wildman–Crippen MR) is 85.7 cm³/mol. The van der Waals surface area contributed by atoms with E-state index >= 15 is 0 Å². The SMILES string of the molecule is Nc1ncnc2c1ncn2[C@@H]1O[C@H](COP2(=O)OCCCO2)[C@@H](O)[C@H]1O. The molecule has 2 fully saturated rings.